The summed E-state index contributed by atoms with van der Waals surface area (Å²) < 4.78 is 1.65. The van der Waals surface area contributed by atoms with Gasteiger partial charge in [0.05, 0.1) is 12.4 Å². The largest absolute Gasteiger partial charge is 0.368 e. The molecule has 7 heteroatoms. The van der Waals surface area contributed by atoms with Crippen molar-refractivity contribution in [3.63, 3.8) is 0 Å². The van der Waals surface area contributed by atoms with Gasteiger partial charge < -0.3 is 5.32 Å². The van der Waals surface area contributed by atoms with E-state index in [0.29, 0.717) is 17.4 Å². The first-order chi connectivity index (χ1) is 8.85. The lowest BCUT2D eigenvalue weighted by atomic mass is 10.0. The predicted molar refractivity (Wildman–Crippen MR) is 70.8 cm³/mol. The van der Waals surface area contributed by atoms with Crippen molar-refractivity contribution in [3.8, 4) is 0 Å². The third kappa shape index (κ3) is 3.07. The molecule has 0 aliphatic heterocycles. The molecular formula is C11H17ClN6. The van der Waals surface area contributed by atoms with Gasteiger partial charge in [0.1, 0.15) is 5.82 Å². The molecule has 0 aliphatic rings. The standard InChI is InChI=1S/C11H17ClN6/c1-2-3-9(4-5-12)6-14-10-7-13-8-11-15-16-17-18(10)11/h7-9,14H,2-6H2,1H3. The smallest absolute Gasteiger partial charge is 0.199 e. The summed E-state index contributed by atoms with van der Waals surface area (Å²) in [7, 11) is 0. The van der Waals surface area contributed by atoms with Crippen molar-refractivity contribution in [2.75, 3.05) is 17.7 Å². The van der Waals surface area contributed by atoms with Crippen LogP contribution in [0.2, 0.25) is 0 Å². The number of nitrogens with zero attached hydrogens (tertiary/aromatic N) is 5. The van der Waals surface area contributed by atoms with Crippen LogP contribution in [0.25, 0.3) is 5.65 Å². The molecule has 0 aromatic carbocycles. The number of tetrazole rings is 1. The van der Waals surface area contributed by atoms with Gasteiger partial charge in [-0.15, -0.1) is 16.7 Å². The molecule has 1 unspecified atom stereocenters. The summed E-state index contributed by atoms with van der Waals surface area (Å²) in [6.07, 6.45) is 6.71. The fourth-order valence-corrected chi connectivity index (χ4v) is 2.26. The summed E-state index contributed by atoms with van der Waals surface area (Å²) in [5, 5.41) is 14.7. The van der Waals surface area contributed by atoms with Crippen molar-refractivity contribution in [1.82, 2.24) is 25.0 Å². The maximum Gasteiger partial charge on any atom is 0.199 e. The van der Waals surface area contributed by atoms with E-state index in [1.54, 1.807) is 16.9 Å². The molecule has 1 N–H and O–H groups in total. The Morgan fingerprint density at radius 3 is 3.06 bits per heavy atom. The normalized spacial score (nSPS) is 12.8. The minimum absolute atomic E-state index is 0.569. The van der Waals surface area contributed by atoms with E-state index in [4.69, 9.17) is 11.6 Å². The van der Waals surface area contributed by atoms with E-state index >= 15 is 0 Å². The quantitative estimate of drug-likeness (QED) is 0.778. The summed E-state index contributed by atoms with van der Waals surface area (Å²) in [5.74, 6) is 2.08. The molecule has 0 bridgehead atoms. The molecule has 18 heavy (non-hydrogen) atoms. The zero-order chi connectivity index (χ0) is 12.8. The lowest BCUT2D eigenvalue weighted by Gasteiger charge is -2.16. The van der Waals surface area contributed by atoms with Gasteiger partial charge in [-0.25, -0.2) is 0 Å². The number of anilines is 1. The van der Waals surface area contributed by atoms with Crippen LogP contribution in [0.15, 0.2) is 12.4 Å². The summed E-state index contributed by atoms with van der Waals surface area (Å²) in [6.45, 7) is 3.05. The molecule has 0 radical (unpaired) electrons. The number of aromatic nitrogens is 5. The Balaban J connectivity index is 2.02. The van der Waals surface area contributed by atoms with Crippen LogP contribution in [0.5, 0.6) is 0 Å². The summed E-state index contributed by atoms with van der Waals surface area (Å²) >= 11 is 5.81. The highest BCUT2D eigenvalue weighted by atomic mass is 35.5. The lowest BCUT2D eigenvalue weighted by Crippen LogP contribution is -2.17. The van der Waals surface area contributed by atoms with E-state index in [-0.39, 0.29) is 0 Å². The van der Waals surface area contributed by atoms with Crippen molar-refractivity contribution in [1.29, 1.82) is 0 Å². The van der Waals surface area contributed by atoms with Crippen LogP contribution >= 0.6 is 11.6 Å². The van der Waals surface area contributed by atoms with Crippen LogP contribution in [-0.4, -0.2) is 37.4 Å². The third-order valence-electron chi connectivity index (χ3n) is 2.89. The average molecular weight is 269 g/mol. The van der Waals surface area contributed by atoms with Crippen molar-refractivity contribution in [3.05, 3.63) is 12.4 Å². The number of hydrogen-bond acceptors (Lipinski definition) is 5. The third-order valence-corrected chi connectivity index (χ3v) is 3.11. The molecule has 0 saturated carbocycles. The Morgan fingerprint density at radius 1 is 1.39 bits per heavy atom. The summed E-state index contributed by atoms with van der Waals surface area (Å²) in [5.41, 5.74) is 0.643. The topological polar surface area (TPSA) is 68.0 Å². The average Bonchev–Trinajstić information content (AvgIpc) is 2.85. The van der Waals surface area contributed by atoms with Crippen LogP contribution in [0.1, 0.15) is 26.2 Å². The van der Waals surface area contributed by atoms with E-state index in [1.807, 2.05) is 0 Å². The number of rotatable bonds is 7. The van der Waals surface area contributed by atoms with Gasteiger partial charge in [-0.2, -0.15) is 4.52 Å². The number of halogens is 1. The molecule has 2 rings (SSSR count). The maximum atomic E-state index is 5.81. The van der Waals surface area contributed by atoms with E-state index in [0.717, 1.165) is 25.2 Å². The minimum atomic E-state index is 0.569. The van der Waals surface area contributed by atoms with Crippen LogP contribution in [0.3, 0.4) is 0 Å². The van der Waals surface area contributed by atoms with Gasteiger partial charge >= 0.3 is 0 Å². The Labute approximate surface area is 111 Å². The highest BCUT2D eigenvalue weighted by Crippen LogP contribution is 2.14. The van der Waals surface area contributed by atoms with Gasteiger partial charge in [-0.1, -0.05) is 13.3 Å². The van der Waals surface area contributed by atoms with Crippen molar-refractivity contribution >= 4 is 23.1 Å². The van der Waals surface area contributed by atoms with Gasteiger partial charge in [0.2, 0.25) is 0 Å². The zero-order valence-electron chi connectivity index (χ0n) is 10.4. The molecule has 1 atom stereocenters. The Kier molecular flexibility index (Phi) is 4.69. The van der Waals surface area contributed by atoms with E-state index in [9.17, 15) is 0 Å². The van der Waals surface area contributed by atoms with Crippen molar-refractivity contribution < 1.29 is 0 Å². The second-order valence-electron chi connectivity index (χ2n) is 4.25. The molecule has 0 amide bonds. The molecule has 0 saturated heterocycles. The molecule has 0 fully saturated rings. The van der Waals surface area contributed by atoms with Gasteiger partial charge in [-0.05, 0) is 29.2 Å². The van der Waals surface area contributed by atoms with Gasteiger partial charge in [0.15, 0.2) is 5.65 Å². The van der Waals surface area contributed by atoms with Crippen molar-refractivity contribution in [2.45, 2.75) is 26.2 Å². The van der Waals surface area contributed by atoms with E-state index in [2.05, 4.69) is 32.7 Å². The Bertz CT molecular complexity index is 479. The highest BCUT2D eigenvalue weighted by Gasteiger charge is 2.09. The van der Waals surface area contributed by atoms with Gasteiger partial charge in [0, 0.05) is 12.4 Å². The highest BCUT2D eigenvalue weighted by molar-refractivity contribution is 6.17. The van der Waals surface area contributed by atoms with Crippen molar-refractivity contribution in [2.24, 2.45) is 5.92 Å². The number of hydrogen-bond donors (Lipinski definition) is 1. The van der Waals surface area contributed by atoms with Gasteiger partial charge in [0.25, 0.3) is 0 Å². The summed E-state index contributed by atoms with van der Waals surface area (Å²) in [6, 6.07) is 0. The van der Waals surface area contributed by atoms with Crippen LogP contribution in [0, 0.1) is 5.92 Å². The first-order valence-electron chi connectivity index (χ1n) is 6.17. The van der Waals surface area contributed by atoms with Gasteiger partial charge in [-0.3, -0.25) is 4.98 Å². The monoisotopic (exact) mass is 268 g/mol. The molecule has 2 aromatic heterocycles. The second-order valence-corrected chi connectivity index (χ2v) is 4.63. The minimum Gasteiger partial charge on any atom is -0.368 e. The zero-order valence-corrected chi connectivity index (χ0v) is 11.1. The molecular weight excluding hydrogens is 252 g/mol. The molecule has 0 aliphatic carbocycles. The molecule has 98 valence electrons. The second kappa shape index (κ2) is 6.49. The van der Waals surface area contributed by atoms with E-state index in [1.165, 1.54) is 6.42 Å². The fourth-order valence-electron chi connectivity index (χ4n) is 1.96. The van der Waals surface area contributed by atoms with Crippen LogP contribution < -0.4 is 5.32 Å². The first kappa shape index (κ1) is 13.0. The fraction of sp³-hybridized carbons (Fsp3) is 0.636. The number of fused-ring (bicyclic) bond motifs is 1. The number of nitrogens with one attached hydrogen (secondary N) is 1. The number of alkyl halides is 1. The SMILES string of the molecule is CCCC(CCCl)CNc1cncc2nnnn12. The molecule has 2 aromatic rings. The van der Waals surface area contributed by atoms with E-state index < -0.39 is 0 Å². The Hall–Kier alpha value is -1.43. The van der Waals surface area contributed by atoms with Crippen LogP contribution in [0.4, 0.5) is 5.82 Å². The molecule has 6 nitrogen and oxygen atoms in total. The Morgan fingerprint density at radius 2 is 2.28 bits per heavy atom. The lowest BCUT2D eigenvalue weighted by molar-refractivity contribution is 0.489. The first-order valence-corrected chi connectivity index (χ1v) is 6.70. The molecule has 0 spiro atoms. The molecule has 2 heterocycles. The summed E-state index contributed by atoms with van der Waals surface area (Å²) in [4.78, 5) is 4.10. The maximum absolute atomic E-state index is 5.81. The van der Waals surface area contributed by atoms with Crippen LogP contribution in [-0.2, 0) is 0 Å². The predicted octanol–water partition coefficient (Wildman–Crippen LogP) is 1.98.